The van der Waals surface area contributed by atoms with Gasteiger partial charge in [0.1, 0.15) is 12.2 Å². The molecule has 1 heterocycles. The maximum absolute atomic E-state index is 12.4. The number of hydrogen-bond acceptors (Lipinski definition) is 5. The average Bonchev–Trinajstić information content (AvgIpc) is 2.64. The summed E-state index contributed by atoms with van der Waals surface area (Å²) in [6.45, 7) is 9.56. The number of nitrogens with zero attached hydrogens (tertiary/aromatic N) is 1. The van der Waals surface area contributed by atoms with Crippen LogP contribution < -0.4 is 10.6 Å². The zero-order valence-corrected chi connectivity index (χ0v) is 17.4. The molecule has 1 aliphatic rings. The molecule has 28 heavy (non-hydrogen) atoms. The monoisotopic (exact) mass is 391 g/mol. The molecular weight excluding hydrogens is 358 g/mol. The van der Waals surface area contributed by atoms with Crippen LogP contribution in [-0.4, -0.2) is 54.4 Å². The molecule has 0 aromatic heterocycles. The topological polar surface area (TPSA) is 79.9 Å². The van der Waals surface area contributed by atoms with Crippen molar-refractivity contribution in [1.82, 2.24) is 15.5 Å². The maximum Gasteiger partial charge on any atom is 0.410 e. The van der Waals surface area contributed by atoms with Crippen molar-refractivity contribution >= 4 is 12.2 Å². The number of nitrogens with one attached hydrogen (secondary N) is 2. The molecule has 0 aliphatic carbocycles. The van der Waals surface area contributed by atoms with Gasteiger partial charge in [0.05, 0.1) is 0 Å². The van der Waals surface area contributed by atoms with Crippen LogP contribution in [0.5, 0.6) is 0 Å². The van der Waals surface area contributed by atoms with Crippen LogP contribution in [0.15, 0.2) is 30.3 Å². The first-order valence-corrected chi connectivity index (χ1v) is 9.91. The fourth-order valence-corrected chi connectivity index (χ4v) is 3.10. The van der Waals surface area contributed by atoms with Gasteiger partial charge in [-0.25, -0.2) is 9.59 Å². The number of hydrogen-bond donors (Lipinski definition) is 2. The maximum atomic E-state index is 12.4. The van der Waals surface area contributed by atoms with E-state index in [9.17, 15) is 9.59 Å². The highest BCUT2D eigenvalue weighted by Crippen LogP contribution is 2.13. The molecule has 2 atom stereocenters. The van der Waals surface area contributed by atoms with E-state index in [2.05, 4.69) is 10.6 Å². The first-order chi connectivity index (χ1) is 13.2. The van der Waals surface area contributed by atoms with Crippen molar-refractivity contribution in [3.63, 3.8) is 0 Å². The summed E-state index contributed by atoms with van der Waals surface area (Å²) in [6.07, 6.45) is 1.20. The van der Waals surface area contributed by atoms with E-state index in [1.54, 1.807) is 4.90 Å². The van der Waals surface area contributed by atoms with Crippen molar-refractivity contribution in [2.24, 2.45) is 0 Å². The van der Waals surface area contributed by atoms with Crippen molar-refractivity contribution in [3.8, 4) is 0 Å². The minimum absolute atomic E-state index is 0.0674. The lowest BCUT2D eigenvalue weighted by Gasteiger charge is -2.34. The summed E-state index contributed by atoms with van der Waals surface area (Å²) in [4.78, 5) is 25.9. The van der Waals surface area contributed by atoms with Gasteiger partial charge in [-0.3, -0.25) is 0 Å². The molecule has 1 aromatic rings. The van der Waals surface area contributed by atoms with Crippen LogP contribution in [0.25, 0.3) is 0 Å². The van der Waals surface area contributed by atoms with Gasteiger partial charge in [-0.2, -0.15) is 0 Å². The van der Waals surface area contributed by atoms with Crippen LogP contribution in [0.3, 0.4) is 0 Å². The summed E-state index contributed by atoms with van der Waals surface area (Å²) in [5.74, 6) is 0. The van der Waals surface area contributed by atoms with Gasteiger partial charge in [0.25, 0.3) is 0 Å². The first-order valence-electron chi connectivity index (χ1n) is 9.91. The van der Waals surface area contributed by atoms with Gasteiger partial charge in [0.15, 0.2) is 0 Å². The molecule has 0 saturated carbocycles. The predicted octanol–water partition coefficient (Wildman–Crippen LogP) is 3.29. The second kappa shape index (κ2) is 10.3. The molecule has 2 amide bonds. The Kier molecular flexibility index (Phi) is 8.11. The number of amides is 2. The molecule has 1 aromatic carbocycles. The number of carbonyl (C=O) groups is 2. The Bertz CT molecular complexity index is 630. The Morgan fingerprint density at radius 3 is 2.64 bits per heavy atom. The molecule has 1 aliphatic heterocycles. The summed E-state index contributed by atoms with van der Waals surface area (Å²) in [5.41, 5.74) is 0.467. The van der Waals surface area contributed by atoms with Gasteiger partial charge in [0, 0.05) is 31.7 Å². The van der Waals surface area contributed by atoms with Gasteiger partial charge < -0.3 is 25.0 Å². The van der Waals surface area contributed by atoms with E-state index in [1.807, 2.05) is 58.0 Å². The van der Waals surface area contributed by atoms with E-state index in [4.69, 9.17) is 9.47 Å². The third kappa shape index (κ3) is 8.17. The zero-order chi connectivity index (χ0) is 20.6. The molecule has 7 nitrogen and oxygen atoms in total. The third-order valence-corrected chi connectivity index (χ3v) is 4.36. The first kappa shape index (κ1) is 22.0. The molecule has 1 fully saturated rings. The summed E-state index contributed by atoms with van der Waals surface area (Å²) in [5, 5.41) is 6.25. The number of alkyl carbamates (subject to hydrolysis) is 1. The van der Waals surface area contributed by atoms with Crippen LogP contribution in [0.4, 0.5) is 9.59 Å². The van der Waals surface area contributed by atoms with Gasteiger partial charge in [-0.15, -0.1) is 0 Å². The molecule has 7 heteroatoms. The van der Waals surface area contributed by atoms with Crippen molar-refractivity contribution in [2.45, 2.75) is 64.8 Å². The van der Waals surface area contributed by atoms with Crippen molar-refractivity contribution in [2.75, 3.05) is 19.6 Å². The van der Waals surface area contributed by atoms with Gasteiger partial charge in [-0.1, -0.05) is 30.3 Å². The van der Waals surface area contributed by atoms with Crippen LogP contribution in [0.2, 0.25) is 0 Å². The van der Waals surface area contributed by atoms with Crippen LogP contribution in [0, 0.1) is 0 Å². The second-order valence-corrected chi connectivity index (χ2v) is 8.28. The Hall–Kier alpha value is -2.28. The fourth-order valence-electron chi connectivity index (χ4n) is 3.10. The lowest BCUT2D eigenvalue weighted by atomic mass is 10.1. The largest absolute Gasteiger partial charge is 0.445 e. The molecule has 1 saturated heterocycles. The molecule has 2 rings (SSSR count). The SMILES string of the molecule is CC(CNC(=O)OC(C)(C)C)N[C@H]1CCCN(C(=O)OCc2ccccc2)C1. The van der Waals surface area contributed by atoms with Gasteiger partial charge >= 0.3 is 12.2 Å². The smallest absolute Gasteiger partial charge is 0.410 e. The molecule has 0 spiro atoms. The fraction of sp³-hybridized carbons (Fsp3) is 0.619. The summed E-state index contributed by atoms with van der Waals surface area (Å²) >= 11 is 0. The Morgan fingerprint density at radius 1 is 1.25 bits per heavy atom. The number of benzene rings is 1. The van der Waals surface area contributed by atoms with Crippen molar-refractivity contribution < 1.29 is 19.1 Å². The lowest BCUT2D eigenvalue weighted by Crippen LogP contribution is -2.52. The number of rotatable bonds is 6. The van der Waals surface area contributed by atoms with Crippen LogP contribution in [0.1, 0.15) is 46.1 Å². The second-order valence-electron chi connectivity index (χ2n) is 8.28. The van der Waals surface area contributed by atoms with E-state index < -0.39 is 11.7 Å². The Labute approximate surface area is 167 Å². The van der Waals surface area contributed by atoms with E-state index in [1.165, 1.54) is 0 Å². The lowest BCUT2D eigenvalue weighted by molar-refractivity contribution is 0.0521. The minimum Gasteiger partial charge on any atom is -0.445 e. The highest BCUT2D eigenvalue weighted by atomic mass is 16.6. The molecule has 156 valence electrons. The average molecular weight is 392 g/mol. The predicted molar refractivity (Wildman–Crippen MR) is 108 cm³/mol. The quantitative estimate of drug-likeness (QED) is 0.778. The number of carbonyl (C=O) groups excluding carboxylic acids is 2. The van der Waals surface area contributed by atoms with Crippen LogP contribution >= 0.6 is 0 Å². The summed E-state index contributed by atoms with van der Waals surface area (Å²) in [6, 6.07) is 9.91. The van der Waals surface area contributed by atoms with Crippen molar-refractivity contribution in [1.29, 1.82) is 0 Å². The molecular formula is C21H33N3O4. The normalized spacial score (nSPS) is 18.3. The molecule has 2 N–H and O–H groups in total. The van der Waals surface area contributed by atoms with E-state index in [0.29, 0.717) is 19.6 Å². The van der Waals surface area contributed by atoms with Gasteiger partial charge in [0.2, 0.25) is 0 Å². The van der Waals surface area contributed by atoms with Gasteiger partial charge in [-0.05, 0) is 46.1 Å². The molecule has 0 radical (unpaired) electrons. The molecule has 0 bridgehead atoms. The zero-order valence-electron chi connectivity index (χ0n) is 17.4. The minimum atomic E-state index is -0.509. The molecule has 1 unspecified atom stereocenters. The summed E-state index contributed by atoms with van der Waals surface area (Å²) < 4.78 is 10.7. The van der Waals surface area contributed by atoms with E-state index >= 15 is 0 Å². The Morgan fingerprint density at radius 2 is 1.96 bits per heavy atom. The number of likely N-dealkylation sites (tertiary alicyclic amines) is 1. The number of ether oxygens (including phenoxy) is 2. The van der Waals surface area contributed by atoms with Crippen molar-refractivity contribution in [3.05, 3.63) is 35.9 Å². The highest BCUT2D eigenvalue weighted by Gasteiger charge is 2.25. The Balaban J connectivity index is 1.71. The third-order valence-electron chi connectivity index (χ3n) is 4.36. The van der Waals surface area contributed by atoms with Crippen LogP contribution in [-0.2, 0) is 16.1 Å². The summed E-state index contributed by atoms with van der Waals surface area (Å²) in [7, 11) is 0. The highest BCUT2D eigenvalue weighted by molar-refractivity contribution is 5.68. The van der Waals surface area contributed by atoms with E-state index in [0.717, 1.165) is 18.4 Å². The number of piperidine rings is 1. The van der Waals surface area contributed by atoms with E-state index in [-0.39, 0.29) is 24.8 Å². The standard InChI is InChI=1S/C21H33N3O4/c1-16(13-22-19(25)28-21(2,3)4)23-18-11-8-12-24(14-18)20(26)27-15-17-9-6-5-7-10-17/h5-7,9-10,16,18,23H,8,11-15H2,1-4H3,(H,22,25)/t16?,18-/m0/s1.